The summed E-state index contributed by atoms with van der Waals surface area (Å²) >= 11 is 5.66. The van der Waals surface area contributed by atoms with Crippen molar-refractivity contribution in [2.45, 2.75) is 13.0 Å². The molecular formula is C8H12ClN3O3S. The van der Waals surface area contributed by atoms with Crippen molar-refractivity contribution in [3.05, 3.63) is 29.0 Å². The Hall–Kier alpha value is -0.730. The number of pyridine rings is 1. The normalized spacial score (nSPS) is 13.7. The summed E-state index contributed by atoms with van der Waals surface area (Å²) in [6, 6.07) is 3.31. The third kappa shape index (κ3) is 4.03. The molecule has 1 rings (SSSR count). The van der Waals surface area contributed by atoms with Crippen LogP contribution in [0, 0.1) is 0 Å². The van der Waals surface area contributed by atoms with Crippen molar-refractivity contribution in [1.82, 2.24) is 9.82 Å². The fourth-order valence-electron chi connectivity index (χ4n) is 0.939. The van der Waals surface area contributed by atoms with E-state index in [4.69, 9.17) is 22.2 Å². The maximum atomic E-state index is 11.0. The summed E-state index contributed by atoms with van der Waals surface area (Å²) in [5.41, 5.74) is 0.594. The molecule has 6 nitrogen and oxygen atoms in total. The maximum absolute atomic E-state index is 11.0. The molecule has 0 spiro atoms. The molecule has 0 saturated heterocycles. The predicted octanol–water partition coefficient (Wildman–Crippen LogP) is 0.563. The van der Waals surface area contributed by atoms with Crippen molar-refractivity contribution in [1.29, 1.82) is 0 Å². The Bertz CT molecular complexity index is 434. The van der Waals surface area contributed by atoms with Gasteiger partial charge in [0.2, 0.25) is 10.0 Å². The van der Waals surface area contributed by atoms with Gasteiger partial charge in [-0.25, -0.2) is 8.42 Å². The first-order valence-electron chi connectivity index (χ1n) is 4.38. The van der Waals surface area contributed by atoms with Crippen molar-refractivity contribution >= 4 is 21.6 Å². The van der Waals surface area contributed by atoms with Crippen molar-refractivity contribution in [3.8, 4) is 0 Å². The number of rotatable bonds is 5. The highest BCUT2D eigenvalue weighted by atomic mass is 35.5. The van der Waals surface area contributed by atoms with Gasteiger partial charge in [0.1, 0.15) is 0 Å². The maximum Gasteiger partial charge on any atom is 0.248 e. The molecule has 1 unspecified atom stereocenters. The summed E-state index contributed by atoms with van der Waals surface area (Å²) < 4.78 is 27.1. The standard InChI is InChI=1S/C8H12ClN3O3S/c1-6(15-5-16(13,14)12-10)8-3-2-7(9)4-11-8/h2-4,6,12H,5,10H2,1H3. The molecule has 0 bridgehead atoms. The summed E-state index contributed by atoms with van der Waals surface area (Å²) in [5.74, 6) is 4.28. The van der Waals surface area contributed by atoms with E-state index in [-0.39, 0.29) is 0 Å². The summed E-state index contributed by atoms with van der Waals surface area (Å²) in [5, 5.41) is 0.507. The van der Waals surface area contributed by atoms with Crippen molar-refractivity contribution < 1.29 is 13.2 Å². The molecule has 1 aromatic rings. The third-order valence-corrected chi connectivity index (χ3v) is 2.85. The van der Waals surface area contributed by atoms with Gasteiger partial charge in [-0.3, -0.25) is 10.8 Å². The van der Waals surface area contributed by atoms with Crippen LogP contribution in [-0.4, -0.2) is 19.3 Å². The van der Waals surface area contributed by atoms with Gasteiger partial charge in [-0.05, 0) is 19.1 Å². The molecular weight excluding hydrogens is 254 g/mol. The lowest BCUT2D eigenvalue weighted by Gasteiger charge is -2.12. The van der Waals surface area contributed by atoms with Crippen molar-refractivity contribution in [2.75, 3.05) is 5.94 Å². The molecule has 0 aromatic carbocycles. The first-order valence-corrected chi connectivity index (χ1v) is 6.41. The Kier molecular flexibility index (Phi) is 4.63. The van der Waals surface area contributed by atoms with E-state index < -0.39 is 22.1 Å². The zero-order valence-electron chi connectivity index (χ0n) is 8.55. The average molecular weight is 266 g/mol. The lowest BCUT2D eigenvalue weighted by molar-refractivity contribution is 0.0973. The number of nitrogens with zero attached hydrogens (tertiary/aromatic N) is 1. The Morgan fingerprint density at radius 3 is 2.81 bits per heavy atom. The van der Waals surface area contributed by atoms with Crippen molar-refractivity contribution in [3.63, 3.8) is 0 Å². The lowest BCUT2D eigenvalue weighted by Crippen LogP contribution is -2.33. The quantitative estimate of drug-likeness (QED) is 0.599. The van der Waals surface area contributed by atoms with E-state index >= 15 is 0 Å². The summed E-state index contributed by atoms with van der Waals surface area (Å²) in [7, 11) is -3.58. The number of hydrogen-bond acceptors (Lipinski definition) is 5. The second-order valence-corrected chi connectivity index (χ2v) is 5.20. The van der Waals surface area contributed by atoms with Crippen LogP contribution in [-0.2, 0) is 14.8 Å². The third-order valence-electron chi connectivity index (χ3n) is 1.82. The van der Waals surface area contributed by atoms with E-state index in [1.807, 2.05) is 0 Å². The second kappa shape index (κ2) is 5.55. The molecule has 0 amide bonds. The van der Waals surface area contributed by atoms with Gasteiger partial charge in [0.15, 0.2) is 5.94 Å². The van der Waals surface area contributed by atoms with E-state index in [0.717, 1.165) is 0 Å². The molecule has 3 N–H and O–H groups in total. The van der Waals surface area contributed by atoms with E-state index in [9.17, 15) is 8.42 Å². The van der Waals surface area contributed by atoms with Gasteiger partial charge in [0.05, 0.1) is 16.8 Å². The van der Waals surface area contributed by atoms with Gasteiger partial charge in [-0.1, -0.05) is 11.6 Å². The number of halogens is 1. The fourth-order valence-corrected chi connectivity index (χ4v) is 1.50. The topological polar surface area (TPSA) is 94.3 Å². The minimum atomic E-state index is -3.58. The molecule has 0 aliphatic heterocycles. The number of sulfonamides is 1. The monoisotopic (exact) mass is 265 g/mol. The Morgan fingerprint density at radius 2 is 2.31 bits per heavy atom. The zero-order chi connectivity index (χ0) is 12.2. The SMILES string of the molecule is CC(OCS(=O)(=O)NN)c1ccc(Cl)cn1. The second-order valence-electron chi connectivity index (χ2n) is 3.06. The predicted molar refractivity (Wildman–Crippen MR) is 59.9 cm³/mol. The molecule has 0 radical (unpaired) electrons. The molecule has 0 saturated carbocycles. The van der Waals surface area contributed by atoms with Crippen LogP contribution in [0.4, 0.5) is 0 Å². The molecule has 1 atom stereocenters. The van der Waals surface area contributed by atoms with E-state index in [1.54, 1.807) is 23.9 Å². The number of hydrogen-bond donors (Lipinski definition) is 2. The number of nitrogens with one attached hydrogen (secondary N) is 1. The highest BCUT2D eigenvalue weighted by molar-refractivity contribution is 7.89. The summed E-state index contributed by atoms with van der Waals surface area (Å²) in [6.07, 6.45) is 1.01. The van der Waals surface area contributed by atoms with Crippen LogP contribution in [0.1, 0.15) is 18.7 Å². The fraction of sp³-hybridized carbons (Fsp3) is 0.375. The average Bonchev–Trinajstić information content (AvgIpc) is 2.27. The highest BCUT2D eigenvalue weighted by Gasteiger charge is 2.13. The summed E-state index contributed by atoms with van der Waals surface area (Å²) in [6.45, 7) is 1.68. The minimum Gasteiger partial charge on any atom is -0.355 e. The Morgan fingerprint density at radius 1 is 1.62 bits per heavy atom. The lowest BCUT2D eigenvalue weighted by atomic mass is 10.2. The van der Waals surface area contributed by atoms with Crippen LogP contribution >= 0.6 is 11.6 Å². The Labute approximate surface area is 98.8 Å². The van der Waals surface area contributed by atoms with Crippen LogP contribution < -0.4 is 10.7 Å². The Balaban J connectivity index is 2.59. The molecule has 16 heavy (non-hydrogen) atoms. The molecule has 0 aliphatic carbocycles. The minimum absolute atomic E-state index is 0.458. The van der Waals surface area contributed by atoms with Crippen LogP contribution in [0.25, 0.3) is 0 Å². The van der Waals surface area contributed by atoms with Crippen LogP contribution in [0.15, 0.2) is 18.3 Å². The zero-order valence-corrected chi connectivity index (χ0v) is 10.1. The number of nitrogens with two attached hydrogens (primary N) is 1. The van der Waals surface area contributed by atoms with Gasteiger partial charge in [-0.15, -0.1) is 0 Å². The van der Waals surface area contributed by atoms with Crippen LogP contribution in [0.2, 0.25) is 5.02 Å². The molecule has 90 valence electrons. The molecule has 1 aromatic heterocycles. The smallest absolute Gasteiger partial charge is 0.248 e. The van der Waals surface area contributed by atoms with Crippen LogP contribution in [0.5, 0.6) is 0 Å². The van der Waals surface area contributed by atoms with Gasteiger partial charge in [0, 0.05) is 6.20 Å². The van der Waals surface area contributed by atoms with Gasteiger partial charge in [-0.2, -0.15) is 4.83 Å². The number of hydrazine groups is 1. The van der Waals surface area contributed by atoms with Gasteiger partial charge < -0.3 is 4.74 Å². The highest BCUT2D eigenvalue weighted by Crippen LogP contribution is 2.16. The van der Waals surface area contributed by atoms with Gasteiger partial charge >= 0.3 is 0 Å². The summed E-state index contributed by atoms with van der Waals surface area (Å²) in [4.78, 5) is 5.66. The molecule has 8 heteroatoms. The van der Waals surface area contributed by atoms with Crippen molar-refractivity contribution in [2.24, 2.45) is 5.84 Å². The molecule has 0 aliphatic rings. The first kappa shape index (κ1) is 13.3. The largest absolute Gasteiger partial charge is 0.355 e. The van der Waals surface area contributed by atoms with Gasteiger partial charge in [0.25, 0.3) is 0 Å². The number of ether oxygens (including phenoxy) is 1. The molecule has 0 fully saturated rings. The van der Waals surface area contributed by atoms with E-state index in [2.05, 4.69) is 4.98 Å². The first-order chi connectivity index (χ1) is 7.44. The molecule has 1 heterocycles. The number of aromatic nitrogens is 1. The van der Waals surface area contributed by atoms with Crippen LogP contribution in [0.3, 0.4) is 0 Å². The van der Waals surface area contributed by atoms with E-state index in [0.29, 0.717) is 10.7 Å². The van der Waals surface area contributed by atoms with E-state index in [1.165, 1.54) is 6.20 Å².